The van der Waals surface area contributed by atoms with Crippen molar-refractivity contribution in [3.8, 4) is 11.8 Å². The largest absolute Gasteiger partial charge is 0.368 e. The molecule has 0 radical (unpaired) electrons. The Balaban J connectivity index is 1.60. The number of nitrogens with zero attached hydrogens (tertiary/aromatic N) is 9. The highest BCUT2D eigenvalue weighted by molar-refractivity contribution is 6.33. The lowest BCUT2D eigenvalue weighted by molar-refractivity contribution is 0.591. The van der Waals surface area contributed by atoms with Gasteiger partial charge >= 0.3 is 0 Å². The van der Waals surface area contributed by atoms with Crippen LogP contribution in [0.2, 0.25) is 5.02 Å². The van der Waals surface area contributed by atoms with Crippen molar-refractivity contribution in [2.75, 3.05) is 17.2 Å². The lowest BCUT2D eigenvalue weighted by Crippen LogP contribution is -2.34. The van der Waals surface area contributed by atoms with Gasteiger partial charge in [-0.05, 0) is 31.0 Å². The normalized spacial score (nSPS) is 15.9. The van der Waals surface area contributed by atoms with E-state index in [2.05, 4.69) is 15.1 Å². The van der Waals surface area contributed by atoms with Crippen LogP contribution in [0.1, 0.15) is 30.4 Å². The summed E-state index contributed by atoms with van der Waals surface area (Å²) in [6.07, 6.45) is 3.22. The molecule has 1 aromatic carbocycles. The van der Waals surface area contributed by atoms with Gasteiger partial charge in [0.15, 0.2) is 17.2 Å². The molecule has 0 unspecified atom stereocenters. The standard InChI is InChI=1S/C22H17ClN10O/c23-15-8-10-31-18(15)20(34)32(14-5-2-1-3-6-14)19(29-31)16-7-4-9-30(16)22-27-21(25)26-17-11-13(12-24)28-33(17)22/h1-3,5-6,8,10-11,16H,4,7,9H2,(H2,25,26)/t16-/m0/s1. The third-order valence-corrected chi connectivity index (χ3v) is 6.23. The zero-order chi connectivity index (χ0) is 23.4. The van der Waals surface area contributed by atoms with Gasteiger partial charge in [-0.15, -0.1) is 0 Å². The summed E-state index contributed by atoms with van der Waals surface area (Å²) < 4.78 is 4.61. The summed E-state index contributed by atoms with van der Waals surface area (Å²) in [7, 11) is 0. The minimum atomic E-state index is -0.314. The molecule has 0 aliphatic carbocycles. The van der Waals surface area contributed by atoms with Gasteiger partial charge in [-0.3, -0.25) is 9.36 Å². The summed E-state index contributed by atoms with van der Waals surface area (Å²) in [5.41, 5.74) is 7.33. The van der Waals surface area contributed by atoms with Gasteiger partial charge in [0.2, 0.25) is 11.9 Å². The van der Waals surface area contributed by atoms with E-state index in [1.54, 1.807) is 22.9 Å². The Kier molecular flexibility index (Phi) is 4.50. The Morgan fingerprint density at radius 2 is 1.97 bits per heavy atom. The fraction of sp³-hybridized carbons (Fsp3) is 0.182. The minimum Gasteiger partial charge on any atom is -0.368 e. The fourth-order valence-corrected chi connectivity index (χ4v) is 4.72. The Bertz CT molecular complexity index is 1660. The third-order valence-electron chi connectivity index (χ3n) is 5.92. The SMILES string of the molecule is N#Cc1cc2nc(N)nc(N3CCC[C@H]3c3nn4ccc(Cl)c4c(=O)n3-c3ccccc3)n2n1. The number of para-hydroxylation sites is 1. The quantitative estimate of drug-likeness (QED) is 0.422. The number of halogens is 1. The number of hydrogen-bond donors (Lipinski definition) is 1. The summed E-state index contributed by atoms with van der Waals surface area (Å²) in [4.78, 5) is 24.3. The van der Waals surface area contributed by atoms with Crippen LogP contribution in [-0.4, -0.2) is 40.3 Å². The summed E-state index contributed by atoms with van der Waals surface area (Å²) >= 11 is 6.32. The van der Waals surface area contributed by atoms with E-state index in [4.69, 9.17) is 22.4 Å². The third kappa shape index (κ3) is 3.00. The fourth-order valence-electron chi connectivity index (χ4n) is 4.50. The van der Waals surface area contributed by atoms with Crippen LogP contribution < -0.4 is 16.2 Å². The van der Waals surface area contributed by atoms with Gasteiger partial charge in [0.1, 0.15) is 11.6 Å². The molecule has 2 N–H and O–H groups in total. The molecule has 4 aromatic heterocycles. The van der Waals surface area contributed by atoms with Crippen LogP contribution in [0.3, 0.4) is 0 Å². The second-order valence-corrected chi connectivity index (χ2v) is 8.34. The van der Waals surface area contributed by atoms with Gasteiger partial charge < -0.3 is 10.6 Å². The number of fused-ring (bicyclic) bond motifs is 2. The maximum Gasteiger partial charge on any atom is 0.284 e. The number of benzene rings is 1. The van der Waals surface area contributed by atoms with E-state index < -0.39 is 0 Å². The molecule has 12 heteroatoms. The maximum absolute atomic E-state index is 13.6. The number of hydrogen-bond acceptors (Lipinski definition) is 8. The molecule has 34 heavy (non-hydrogen) atoms. The van der Waals surface area contributed by atoms with Crippen LogP contribution in [-0.2, 0) is 0 Å². The Labute approximate surface area is 197 Å². The predicted octanol–water partition coefficient (Wildman–Crippen LogP) is 2.37. The molecule has 0 amide bonds. The van der Waals surface area contributed by atoms with E-state index in [9.17, 15) is 10.1 Å². The smallest absolute Gasteiger partial charge is 0.284 e. The van der Waals surface area contributed by atoms with E-state index in [1.807, 2.05) is 41.3 Å². The van der Waals surface area contributed by atoms with Crippen molar-refractivity contribution in [1.82, 2.24) is 33.8 Å². The van der Waals surface area contributed by atoms with Crippen molar-refractivity contribution in [2.45, 2.75) is 18.9 Å². The van der Waals surface area contributed by atoms with Crippen molar-refractivity contribution >= 4 is 34.7 Å². The predicted molar refractivity (Wildman–Crippen MR) is 125 cm³/mol. The molecule has 168 valence electrons. The van der Waals surface area contributed by atoms with E-state index in [0.29, 0.717) is 40.2 Å². The van der Waals surface area contributed by atoms with Crippen molar-refractivity contribution < 1.29 is 0 Å². The van der Waals surface area contributed by atoms with Gasteiger partial charge in [0, 0.05) is 18.8 Å². The first-order chi connectivity index (χ1) is 16.5. The zero-order valence-corrected chi connectivity index (χ0v) is 18.5. The Hall–Kier alpha value is -4.43. The highest BCUT2D eigenvalue weighted by Gasteiger charge is 2.34. The Morgan fingerprint density at radius 3 is 2.76 bits per heavy atom. The monoisotopic (exact) mass is 472 g/mol. The molecule has 5 aromatic rings. The summed E-state index contributed by atoms with van der Waals surface area (Å²) in [6.45, 7) is 0.632. The lowest BCUT2D eigenvalue weighted by Gasteiger charge is -2.27. The summed E-state index contributed by atoms with van der Waals surface area (Å²) in [5, 5.41) is 18.8. The number of nitrogens with two attached hydrogens (primary N) is 1. The van der Waals surface area contributed by atoms with E-state index in [0.717, 1.165) is 12.8 Å². The molecule has 0 bridgehead atoms. The average molecular weight is 473 g/mol. The number of nitriles is 1. The first kappa shape index (κ1) is 20.2. The minimum absolute atomic E-state index is 0.0681. The Morgan fingerprint density at radius 1 is 1.15 bits per heavy atom. The van der Waals surface area contributed by atoms with Crippen molar-refractivity contribution in [3.63, 3.8) is 0 Å². The van der Waals surface area contributed by atoms with Crippen molar-refractivity contribution in [2.24, 2.45) is 0 Å². The van der Waals surface area contributed by atoms with Gasteiger partial charge in [0.25, 0.3) is 5.56 Å². The molecule has 1 fully saturated rings. The maximum atomic E-state index is 13.6. The van der Waals surface area contributed by atoms with Crippen LogP contribution in [0.15, 0.2) is 53.5 Å². The zero-order valence-electron chi connectivity index (χ0n) is 17.7. The molecule has 0 spiro atoms. The first-order valence-electron chi connectivity index (χ1n) is 10.6. The molecular formula is C22H17ClN10O. The molecule has 1 aliphatic heterocycles. The number of aromatic nitrogens is 7. The lowest BCUT2D eigenvalue weighted by atomic mass is 10.2. The highest BCUT2D eigenvalue weighted by atomic mass is 35.5. The van der Waals surface area contributed by atoms with Crippen LogP contribution in [0.25, 0.3) is 16.9 Å². The van der Waals surface area contributed by atoms with Gasteiger partial charge in [0.05, 0.1) is 16.8 Å². The number of nitrogen functional groups attached to an aromatic ring is 1. The van der Waals surface area contributed by atoms with Crippen molar-refractivity contribution in [1.29, 1.82) is 5.26 Å². The molecule has 1 atom stereocenters. The highest BCUT2D eigenvalue weighted by Crippen LogP contribution is 2.35. The van der Waals surface area contributed by atoms with E-state index >= 15 is 0 Å². The summed E-state index contributed by atoms with van der Waals surface area (Å²) in [6, 6.07) is 14.2. The first-order valence-corrected chi connectivity index (χ1v) is 11.0. The average Bonchev–Trinajstić information content (AvgIpc) is 3.57. The van der Waals surface area contributed by atoms with E-state index in [1.165, 1.54) is 9.03 Å². The molecule has 0 saturated carbocycles. The number of rotatable bonds is 3. The molecule has 5 heterocycles. The van der Waals surface area contributed by atoms with Crippen LogP contribution in [0, 0.1) is 11.3 Å². The molecular weight excluding hydrogens is 456 g/mol. The van der Waals surface area contributed by atoms with Crippen molar-refractivity contribution in [3.05, 3.63) is 75.6 Å². The van der Waals surface area contributed by atoms with E-state index in [-0.39, 0.29) is 23.2 Å². The second-order valence-electron chi connectivity index (χ2n) is 7.94. The second kappa shape index (κ2) is 7.57. The molecule has 11 nitrogen and oxygen atoms in total. The van der Waals surface area contributed by atoms with Crippen LogP contribution >= 0.6 is 11.6 Å². The molecule has 1 saturated heterocycles. The molecule has 6 rings (SSSR count). The number of anilines is 2. The topological polar surface area (TPSA) is 135 Å². The van der Waals surface area contributed by atoms with Gasteiger partial charge in [-0.2, -0.15) is 29.9 Å². The molecule has 1 aliphatic rings. The van der Waals surface area contributed by atoms with Gasteiger partial charge in [-0.25, -0.2) is 4.52 Å². The summed E-state index contributed by atoms with van der Waals surface area (Å²) in [5.74, 6) is 1.04. The van der Waals surface area contributed by atoms with Crippen LogP contribution in [0.4, 0.5) is 11.9 Å². The van der Waals surface area contributed by atoms with Crippen LogP contribution in [0.5, 0.6) is 0 Å². The van der Waals surface area contributed by atoms with Gasteiger partial charge in [-0.1, -0.05) is 29.8 Å².